The molecular formula is C14H9F3OS. The SMILES string of the molecule is O=Cc1ccc(F)c(-c2ccc(SC(F)F)cc2)c1. The summed E-state index contributed by atoms with van der Waals surface area (Å²) in [5.41, 5.74) is 1.18. The summed E-state index contributed by atoms with van der Waals surface area (Å²) in [7, 11) is 0. The number of rotatable bonds is 4. The van der Waals surface area contributed by atoms with Crippen LogP contribution in [0.3, 0.4) is 0 Å². The van der Waals surface area contributed by atoms with Crippen LogP contribution in [-0.2, 0) is 0 Å². The first-order valence-electron chi connectivity index (χ1n) is 5.40. The van der Waals surface area contributed by atoms with E-state index in [-0.39, 0.29) is 5.56 Å². The summed E-state index contributed by atoms with van der Waals surface area (Å²) in [6.07, 6.45) is 0.629. The van der Waals surface area contributed by atoms with E-state index in [0.717, 1.165) is 0 Å². The molecule has 0 aliphatic heterocycles. The summed E-state index contributed by atoms with van der Waals surface area (Å²) in [6.45, 7) is 0. The van der Waals surface area contributed by atoms with E-state index < -0.39 is 11.6 Å². The van der Waals surface area contributed by atoms with Crippen molar-refractivity contribution < 1.29 is 18.0 Å². The van der Waals surface area contributed by atoms with E-state index >= 15 is 0 Å². The fourth-order valence-electron chi connectivity index (χ4n) is 1.65. The van der Waals surface area contributed by atoms with Gasteiger partial charge in [-0.2, -0.15) is 8.78 Å². The predicted octanol–water partition coefficient (Wildman–Crippen LogP) is 4.62. The van der Waals surface area contributed by atoms with E-state index in [1.54, 1.807) is 12.1 Å². The monoisotopic (exact) mass is 282 g/mol. The topological polar surface area (TPSA) is 17.1 Å². The fraction of sp³-hybridized carbons (Fsp3) is 0.0714. The van der Waals surface area contributed by atoms with Crippen LogP contribution in [-0.4, -0.2) is 12.0 Å². The minimum Gasteiger partial charge on any atom is -0.298 e. The van der Waals surface area contributed by atoms with Crippen LogP contribution in [0.4, 0.5) is 13.2 Å². The molecule has 0 radical (unpaired) electrons. The van der Waals surface area contributed by atoms with Crippen LogP contribution in [0.1, 0.15) is 10.4 Å². The Hall–Kier alpha value is -1.75. The van der Waals surface area contributed by atoms with E-state index in [1.165, 1.54) is 30.3 Å². The van der Waals surface area contributed by atoms with E-state index in [0.29, 0.717) is 34.1 Å². The van der Waals surface area contributed by atoms with Gasteiger partial charge in [0.15, 0.2) is 0 Å². The van der Waals surface area contributed by atoms with Gasteiger partial charge in [0, 0.05) is 16.0 Å². The van der Waals surface area contributed by atoms with Crippen molar-refractivity contribution in [3.05, 3.63) is 53.8 Å². The molecule has 0 spiro atoms. The number of hydrogen-bond donors (Lipinski definition) is 0. The summed E-state index contributed by atoms with van der Waals surface area (Å²) in [5, 5.41) is 0. The number of halogens is 3. The fourth-order valence-corrected chi connectivity index (χ4v) is 2.15. The quantitative estimate of drug-likeness (QED) is 0.601. The molecule has 0 saturated carbocycles. The van der Waals surface area contributed by atoms with Crippen LogP contribution < -0.4 is 0 Å². The number of benzene rings is 2. The molecule has 2 rings (SSSR count). The highest BCUT2D eigenvalue weighted by Crippen LogP contribution is 2.29. The standard InChI is InChI=1S/C14H9F3OS/c15-13-6-1-9(8-18)7-12(13)10-2-4-11(5-3-10)19-14(16)17/h1-8,14H. The van der Waals surface area contributed by atoms with Crippen molar-refractivity contribution in [2.45, 2.75) is 10.7 Å². The van der Waals surface area contributed by atoms with Crippen LogP contribution in [0.5, 0.6) is 0 Å². The van der Waals surface area contributed by atoms with Gasteiger partial charge in [0.1, 0.15) is 12.1 Å². The molecule has 1 nitrogen and oxygen atoms in total. The second kappa shape index (κ2) is 5.93. The molecule has 0 saturated heterocycles. The largest absolute Gasteiger partial charge is 0.298 e. The van der Waals surface area contributed by atoms with Gasteiger partial charge in [-0.05, 0) is 35.9 Å². The Kier molecular flexibility index (Phi) is 4.27. The molecule has 0 N–H and O–H groups in total. The van der Waals surface area contributed by atoms with E-state index in [9.17, 15) is 18.0 Å². The normalized spacial score (nSPS) is 10.7. The van der Waals surface area contributed by atoms with Crippen molar-refractivity contribution in [1.82, 2.24) is 0 Å². The zero-order valence-electron chi connectivity index (χ0n) is 9.65. The first-order valence-corrected chi connectivity index (χ1v) is 6.28. The molecule has 2 aromatic carbocycles. The highest BCUT2D eigenvalue weighted by atomic mass is 32.2. The zero-order valence-corrected chi connectivity index (χ0v) is 10.5. The second-order valence-electron chi connectivity index (χ2n) is 3.76. The molecule has 5 heteroatoms. The molecular weight excluding hydrogens is 273 g/mol. The van der Waals surface area contributed by atoms with Crippen LogP contribution in [0.25, 0.3) is 11.1 Å². The van der Waals surface area contributed by atoms with Crippen molar-refractivity contribution in [2.75, 3.05) is 0 Å². The number of aldehydes is 1. The molecule has 0 bridgehead atoms. The number of hydrogen-bond acceptors (Lipinski definition) is 2. The number of carbonyl (C=O) groups excluding carboxylic acids is 1. The number of thioether (sulfide) groups is 1. The van der Waals surface area contributed by atoms with Crippen LogP contribution in [0.2, 0.25) is 0 Å². The predicted molar refractivity (Wildman–Crippen MR) is 69.1 cm³/mol. The van der Waals surface area contributed by atoms with E-state index in [1.807, 2.05) is 0 Å². The van der Waals surface area contributed by atoms with Gasteiger partial charge >= 0.3 is 0 Å². The molecule has 19 heavy (non-hydrogen) atoms. The molecule has 0 aromatic heterocycles. The van der Waals surface area contributed by atoms with Gasteiger partial charge in [0.2, 0.25) is 0 Å². The van der Waals surface area contributed by atoms with Gasteiger partial charge in [-0.1, -0.05) is 23.9 Å². The molecule has 98 valence electrons. The van der Waals surface area contributed by atoms with Crippen LogP contribution >= 0.6 is 11.8 Å². The van der Waals surface area contributed by atoms with Crippen LogP contribution in [0, 0.1) is 5.82 Å². The lowest BCUT2D eigenvalue weighted by molar-refractivity contribution is 0.112. The summed E-state index contributed by atoms with van der Waals surface area (Å²) >= 11 is 0.431. The van der Waals surface area contributed by atoms with Gasteiger partial charge in [0.25, 0.3) is 5.76 Å². The van der Waals surface area contributed by atoms with Gasteiger partial charge in [-0.25, -0.2) is 4.39 Å². The molecule has 0 aliphatic rings. The Labute approximate surface area is 112 Å². The average molecular weight is 282 g/mol. The van der Waals surface area contributed by atoms with E-state index in [4.69, 9.17) is 0 Å². The minimum atomic E-state index is -2.49. The van der Waals surface area contributed by atoms with Crippen molar-refractivity contribution in [2.24, 2.45) is 0 Å². The van der Waals surface area contributed by atoms with Crippen molar-refractivity contribution in [1.29, 1.82) is 0 Å². The third kappa shape index (κ3) is 3.38. The molecule has 2 aromatic rings. The minimum absolute atomic E-state index is 0.276. The molecule has 0 amide bonds. The maximum absolute atomic E-state index is 13.7. The maximum Gasteiger partial charge on any atom is 0.288 e. The zero-order chi connectivity index (χ0) is 13.8. The first kappa shape index (κ1) is 13.7. The Morgan fingerprint density at radius 3 is 2.32 bits per heavy atom. The molecule has 0 atom stereocenters. The Balaban J connectivity index is 2.34. The maximum atomic E-state index is 13.7. The Bertz CT molecular complexity index is 582. The molecule has 0 aliphatic carbocycles. The Morgan fingerprint density at radius 2 is 1.74 bits per heavy atom. The third-order valence-electron chi connectivity index (χ3n) is 2.52. The lowest BCUT2D eigenvalue weighted by atomic mass is 10.0. The van der Waals surface area contributed by atoms with Crippen molar-refractivity contribution in [3.63, 3.8) is 0 Å². The number of carbonyl (C=O) groups is 1. The summed E-state index contributed by atoms with van der Waals surface area (Å²) in [5.74, 6) is -2.94. The smallest absolute Gasteiger partial charge is 0.288 e. The molecule has 0 fully saturated rings. The number of alkyl halides is 2. The average Bonchev–Trinajstić information content (AvgIpc) is 2.40. The van der Waals surface area contributed by atoms with Gasteiger partial charge in [-0.15, -0.1) is 0 Å². The first-order chi connectivity index (χ1) is 9.10. The van der Waals surface area contributed by atoms with E-state index in [2.05, 4.69) is 0 Å². The van der Waals surface area contributed by atoms with Gasteiger partial charge in [0.05, 0.1) is 0 Å². The van der Waals surface area contributed by atoms with Crippen molar-refractivity contribution >= 4 is 18.0 Å². The van der Waals surface area contributed by atoms with Gasteiger partial charge < -0.3 is 0 Å². The third-order valence-corrected chi connectivity index (χ3v) is 3.24. The highest BCUT2D eigenvalue weighted by Gasteiger charge is 2.08. The second-order valence-corrected chi connectivity index (χ2v) is 4.82. The van der Waals surface area contributed by atoms with Gasteiger partial charge in [-0.3, -0.25) is 4.79 Å². The Morgan fingerprint density at radius 1 is 1.05 bits per heavy atom. The molecule has 0 unspecified atom stereocenters. The summed E-state index contributed by atoms with van der Waals surface area (Å²) in [4.78, 5) is 11.1. The lowest BCUT2D eigenvalue weighted by Crippen LogP contribution is -1.88. The van der Waals surface area contributed by atoms with Crippen molar-refractivity contribution in [3.8, 4) is 11.1 Å². The van der Waals surface area contributed by atoms with Crippen LogP contribution in [0.15, 0.2) is 47.4 Å². The summed E-state index contributed by atoms with van der Waals surface area (Å²) in [6, 6.07) is 10.1. The molecule has 0 heterocycles. The lowest BCUT2D eigenvalue weighted by Gasteiger charge is -2.06. The highest BCUT2D eigenvalue weighted by molar-refractivity contribution is 7.99. The summed E-state index contributed by atoms with van der Waals surface area (Å²) < 4.78 is 38.0.